The Morgan fingerprint density at radius 1 is 0.589 bits per heavy atom. The monoisotopic (exact) mass is 749 g/mol. The van der Waals surface area contributed by atoms with Crippen molar-refractivity contribution < 1.29 is 0 Å². The van der Waals surface area contributed by atoms with E-state index in [4.69, 9.17) is 0 Å². The fraction of sp³-hybridized carbons (Fsp3) is 0.269. The Kier molecular flexibility index (Phi) is 12.3. The molecule has 0 spiro atoms. The molecule has 4 heteroatoms. The summed E-state index contributed by atoms with van der Waals surface area (Å²) in [5.74, 6) is 0. The van der Waals surface area contributed by atoms with Gasteiger partial charge in [-0.15, -0.1) is 11.3 Å². The fourth-order valence-corrected chi connectivity index (χ4v) is 9.50. The molecule has 0 saturated heterocycles. The third-order valence-corrected chi connectivity index (χ3v) is 12.6. The third kappa shape index (κ3) is 8.14. The summed E-state index contributed by atoms with van der Waals surface area (Å²) in [7, 11) is 0. The van der Waals surface area contributed by atoms with Crippen LogP contribution in [0.4, 0.5) is 17.1 Å². The molecule has 0 aliphatic heterocycles. The Bertz CT molecular complexity index is 2340. The van der Waals surface area contributed by atoms with E-state index in [0.717, 1.165) is 32.4 Å². The van der Waals surface area contributed by atoms with Gasteiger partial charge in [0.2, 0.25) is 0 Å². The van der Waals surface area contributed by atoms with Gasteiger partial charge >= 0.3 is 0 Å². The second-order valence-corrected chi connectivity index (χ2v) is 16.4. The van der Waals surface area contributed by atoms with Crippen LogP contribution in [0.15, 0.2) is 133 Å². The molecule has 0 unspecified atom stereocenters. The number of unbranched alkanes of at least 4 members (excludes halogenated alkanes) is 6. The van der Waals surface area contributed by atoms with Crippen LogP contribution in [-0.4, -0.2) is 0 Å². The first kappa shape index (κ1) is 38.6. The number of allylic oxidation sites excluding steroid dienone is 1. The summed E-state index contributed by atoms with van der Waals surface area (Å²) in [5.41, 5.74) is 14.2. The van der Waals surface area contributed by atoms with E-state index in [2.05, 4.69) is 147 Å². The maximum absolute atomic E-state index is 9.19. The first-order valence-corrected chi connectivity index (χ1v) is 21.2. The lowest BCUT2D eigenvalue weighted by molar-refractivity contribution is 0.401. The molecule has 5 aromatic carbocycles. The van der Waals surface area contributed by atoms with Crippen LogP contribution in [0.5, 0.6) is 0 Å². The summed E-state index contributed by atoms with van der Waals surface area (Å²) in [4.78, 5) is 4.30. The number of nitriles is 2. The van der Waals surface area contributed by atoms with Gasteiger partial charge in [-0.2, -0.15) is 10.5 Å². The number of nitrogens with zero attached hydrogens (tertiary/aromatic N) is 3. The Hall–Kier alpha value is -5.68. The van der Waals surface area contributed by atoms with Crippen LogP contribution in [0.3, 0.4) is 0 Å². The van der Waals surface area contributed by atoms with Crippen molar-refractivity contribution in [3.63, 3.8) is 0 Å². The second kappa shape index (κ2) is 17.8. The number of benzene rings is 5. The summed E-state index contributed by atoms with van der Waals surface area (Å²) in [6, 6.07) is 50.9. The number of rotatable bonds is 16. The van der Waals surface area contributed by atoms with Crippen LogP contribution in [0.25, 0.3) is 38.8 Å². The molecular formula is C52H51N3S. The van der Waals surface area contributed by atoms with E-state index in [1.807, 2.05) is 18.2 Å². The number of aryl methyl sites for hydroxylation is 1. The lowest BCUT2D eigenvalue weighted by Crippen LogP contribution is -2.25. The molecule has 6 aromatic rings. The van der Waals surface area contributed by atoms with Gasteiger partial charge in [-0.1, -0.05) is 144 Å². The van der Waals surface area contributed by atoms with Crippen molar-refractivity contribution in [2.45, 2.75) is 90.4 Å². The van der Waals surface area contributed by atoms with Gasteiger partial charge < -0.3 is 4.90 Å². The van der Waals surface area contributed by atoms with E-state index in [1.54, 1.807) is 23.0 Å². The molecular weight excluding hydrogens is 699 g/mol. The Morgan fingerprint density at radius 3 is 1.75 bits per heavy atom. The highest BCUT2D eigenvalue weighted by molar-refractivity contribution is 7.16. The molecule has 0 saturated carbocycles. The fourth-order valence-electron chi connectivity index (χ4n) is 8.54. The van der Waals surface area contributed by atoms with E-state index in [-0.39, 0.29) is 11.0 Å². The smallest absolute Gasteiger partial charge is 0.131 e. The molecule has 280 valence electrons. The summed E-state index contributed by atoms with van der Waals surface area (Å²) < 4.78 is 0. The van der Waals surface area contributed by atoms with Crippen molar-refractivity contribution in [2.75, 3.05) is 4.90 Å². The van der Waals surface area contributed by atoms with Gasteiger partial charge in [-0.25, -0.2) is 0 Å². The van der Waals surface area contributed by atoms with Gasteiger partial charge in [-0.3, -0.25) is 0 Å². The number of hydrogen-bond acceptors (Lipinski definition) is 4. The number of fused-ring (bicyclic) bond motifs is 3. The molecule has 0 bridgehead atoms. The van der Waals surface area contributed by atoms with E-state index in [1.165, 1.54) is 97.6 Å². The summed E-state index contributed by atoms with van der Waals surface area (Å²) in [5, 5.41) is 18.4. The Balaban J connectivity index is 1.21. The molecule has 1 aliphatic carbocycles. The van der Waals surface area contributed by atoms with Crippen LogP contribution < -0.4 is 4.90 Å². The SMILES string of the molecule is CCCCCCC1(CCCCCC)c2ccccc2-c2ccc(-c3ccc(N(c4ccc(C)cc4)c4ccc(-c5ccc(C=C(C#N)C#N)s5)cc4)cc3)cc21. The van der Waals surface area contributed by atoms with Crippen molar-refractivity contribution in [3.05, 3.63) is 155 Å². The van der Waals surface area contributed by atoms with Gasteiger partial charge in [0, 0.05) is 32.2 Å². The van der Waals surface area contributed by atoms with Gasteiger partial charge in [-0.05, 0) is 119 Å². The topological polar surface area (TPSA) is 50.8 Å². The van der Waals surface area contributed by atoms with Gasteiger partial charge in [0.05, 0.1) is 0 Å². The van der Waals surface area contributed by atoms with Crippen molar-refractivity contribution in [1.29, 1.82) is 10.5 Å². The molecule has 0 amide bonds. The van der Waals surface area contributed by atoms with Crippen molar-refractivity contribution in [3.8, 4) is 44.8 Å². The van der Waals surface area contributed by atoms with Crippen LogP contribution in [-0.2, 0) is 5.41 Å². The molecule has 7 rings (SSSR count). The van der Waals surface area contributed by atoms with Crippen molar-refractivity contribution in [1.82, 2.24) is 0 Å². The molecule has 0 atom stereocenters. The average Bonchev–Trinajstić information content (AvgIpc) is 3.82. The van der Waals surface area contributed by atoms with Crippen LogP contribution in [0.1, 0.15) is 99.6 Å². The number of thiophene rings is 1. The minimum Gasteiger partial charge on any atom is -0.311 e. The van der Waals surface area contributed by atoms with Crippen molar-refractivity contribution >= 4 is 34.5 Å². The van der Waals surface area contributed by atoms with E-state index < -0.39 is 0 Å². The Labute approximate surface area is 338 Å². The average molecular weight is 750 g/mol. The highest BCUT2D eigenvalue weighted by Crippen LogP contribution is 2.55. The molecule has 3 nitrogen and oxygen atoms in total. The lowest BCUT2D eigenvalue weighted by atomic mass is 9.70. The highest BCUT2D eigenvalue weighted by Gasteiger charge is 2.42. The standard InChI is InChI=1S/C52H51N3S/c1-4-6-8-12-32-52(33-13-9-7-5-2)49-15-11-10-14-47(49)48-30-22-42(35-50(48)52)40-18-25-44(26-19-40)55(43-23-16-38(3)17-24-43)45-27-20-41(21-28-45)51-31-29-46(56-51)34-39(36-53)37-54/h10-11,14-31,34-35H,4-9,12-13,32-33H2,1-3H3. The Morgan fingerprint density at radius 2 is 1.14 bits per heavy atom. The minimum atomic E-state index is 0.0648. The van der Waals surface area contributed by atoms with Crippen LogP contribution >= 0.6 is 11.3 Å². The first-order valence-electron chi connectivity index (χ1n) is 20.4. The van der Waals surface area contributed by atoms with E-state index in [9.17, 15) is 10.5 Å². The molecule has 0 N–H and O–H groups in total. The van der Waals surface area contributed by atoms with Crippen LogP contribution in [0, 0.1) is 29.6 Å². The summed E-state index contributed by atoms with van der Waals surface area (Å²) in [6.07, 6.45) is 14.3. The van der Waals surface area contributed by atoms with Gasteiger partial charge in [0.15, 0.2) is 0 Å². The maximum atomic E-state index is 9.19. The molecule has 1 heterocycles. The number of anilines is 3. The summed E-state index contributed by atoms with van der Waals surface area (Å²) in [6.45, 7) is 6.74. The predicted molar refractivity (Wildman–Crippen MR) is 238 cm³/mol. The predicted octanol–water partition coefficient (Wildman–Crippen LogP) is 15.5. The van der Waals surface area contributed by atoms with E-state index in [0.29, 0.717) is 0 Å². The zero-order valence-corrected chi connectivity index (χ0v) is 33.8. The second-order valence-electron chi connectivity index (χ2n) is 15.3. The quantitative estimate of drug-likeness (QED) is 0.0731. The molecule has 1 aliphatic rings. The normalized spacial score (nSPS) is 12.3. The first-order chi connectivity index (χ1) is 27.5. The molecule has 0 fully saturated rings. The zero-order valence-electron chi connectivity index (χ0n) is 33.0. The largest absolute Gasteiger partial charge is 0.311 e. The van der Waals surface area contributed by atoms with E-state index >= 15 is 0 Å². The van der Waals surface area contributed by atoms with Crippen molar-refractivity contribution in [2.24, 2.45) is 0 Å². The molecule has 56 heavy (non-hydrogen) atoms. The van der Waals surface area contributed by atoms with Gasteiger partial charge in [0.25, 0.3) is 0 Å². The minimum absolute atomic E-state index is 0.0648. The highest BCUT2D eigenvalue weighted by atomic mass is 32.1. The maximum Gasteiger partial charge on any atom is 0.131 e. The van der Waals surface area contributed by atoms with Crippen LogP contribution in [0.2, 0.25) is 0 Å². The molecule has 1 aromatic heterocycles. The summed E-state index contributed by atoms with van der Waals surface area (Å²) >= 11 is 1.58. The lowest BCUT2D eigenvalue weighted by Gasteiger charge is -2.33. The molecule has 0 radical (unpaired) electrons. The number of hydrogen-bond donors (Lipinski definition) is 0. The third-order valence-electron chi connectivity index (χ3n) is 11.5. The van der Waals surface area contributed by atoms with Gasteiger partial charge in [0.1, 0.15) is 17.7 Å². The zero-order chi connectivity index (χ0) is 38.9.